The lowest BCUT2D eigenvalue weighted by Crippen LogP contribution is -2.36. The van der Waals surface area contributed by atoms with Crippen molar-refractivity contribution in [2.24, 2.45) is 0 Å². The van der Waals surface area contributed by atoms with Gasteiger partial charge in [-0.1, -0.05) is 12.1 Å². The second-order valence-electron chi connectivity index (χ2n) is 7.98. The highest BCUT2D eigenvalue weighted by Gasteiger charge is 2.32. The van der Waals surface area contributed by atoms with Crippen molar-refractivity contribution in [1.82, 2.24) is 5.32 Å². The van der Waals surface area contributed by atoms with E-state index in [0.717, 1.165) is 36.1 Å². The first-order valence-electron chi connectivity index (χ1n) is 10.6. The Balaban J connectivity index is 1.49. The zero-order valence-electron chi connectivity index (χ0n) is 17.8. The van der Waals surface area contributed by atoms with Crippen LogP contribution in [0.3, 0.4) is 0 Å². The number of hydrogen-bond donors (Lipinski definition) is 2. The number of ether oxygens (including phenoxy) is 2. The SMILES string of the molecule is COc1ccccc1OCC(=O)Nc1sc2c(c1C(=O)N[C@@H]1CCS(=O)(=O)C1)CCCC2. The van der Waals surface area contributed by atoms with E-state index in [4.69, 9.17) is 9.47 Å². The fourth-order valence-corrected chi connectivity index (χ4v) is 7.08. The van der Waals surface area contributed by atoms with Crippen molar-refractivity contribution in [3.8, 4) is 11.5 Å². The molecule has 0 unspecified atom stereocenters. The third kappa shape index (κ3) is 5.07. The summed E-state index contributed by atoms with van der Waals surface area (Å²) in [7, 11) is -1.58. The van der Waals surface area contributed by atoms with Gasteiger partial charge in [-0.05, 0) is 49.8 Å². The smallest absolute Gasteiger partial charge is 0.262 e. The molecule has 172 valence electrons. The monoisotopic (exact) mass is 478 g/mol. The number of hydrogen-bond acceptors (Lipinski definition) is 7. The Morgan fingerprint density at radius 2 is 1.91 bits per heavy atom. The van der Waals surface area contributed by atoms with Crippen molar-refractivity contribution >= 4 is 38.0 Å². The number of para-hydroxylation sites is 2. The molecule has 2 heterocycles. The fraction of sp³-hybridized carbons (Fsp3) is 0.455. The first-order valence-corrected chi connectivity index (χ1v) is 13.2. The van der Waals surface area contributed by atoms with Gasteiger partial charge in [-0.25, -0.2) is 8.42 Å². The minimum atomic E-state index is -3.10. The second kappa shape index (κ2) is 9.50. The molecule has 10 heteroatoms. The van der Waals surface area contributed by atoms with E-state index in [1.807, 2.05) is 6.07 Å². The van der Waals surface area contributed by atoms with Gasteiger partial charge in [0, 0.05) is 10.9 Å². The Kier molecular flexibility index (Phi) is 6.71. The topological polar surface area (TPSA) is 111 Å². The number of benzene rings is 1. The molecule has 1 saturated heterocycles. The van der Waals surface area contributed by atoms with Crippen LogP contribution in [-0.4, -0.2) is 51.5 Å². The number of thiophene rings is 1. The number of rotatable bonds is 7. The molecular formula is C22H26N2O6S2. The van der Waals surface area contributed by atoms with Crippen molar-refractivity contribution < 1.29 is 27.5 Å². The first-order chi connectivity index (χ1) is 15.4. The van der Waals surface area contributed by atoms with Crippen LogP contribution in [0.5, 0.6) is 11.5 Å². The number of nitrogens with one attached hydrogen (secondary N) is 2. The molecular weight excluding hydrogens is 452 g/mol. The van der Waals surface area contributed by atoms with Crippen LogP contribution in [0.25, 0.3) is 0 Å². The van der Waals surface area contributed by atoms with Gasteiger partial charge in [0.1, 0.15) is 5.00 Å². The maximum Gasteiger partial charge on any atom is 0.262 e. The minimum Gasteiger partial charge on any atom is -0.493 e. The van der Waals surface area contributed by atoms with Crippen molar-refractivity contribution in [2.45, 2.75) is 38.1 Å². The molecule has 1 aromatic carbocycles. The van der Waals surface area contributed by atoms with Crippen LogP contribution in [0.15, 0.2) is 24.3 Å². The van der Waals surface area contributed by atoms with Gasteiger partial charge in [0.05, 0.1) is 24.2 Å². The number of carbonyl (C=O) groups excluding carboxylic acids is 2. The van der Waals surface area contributed by atoms with Crippen LogP contribution in [0, 0.1) is 0 Å². The molecule has 1 aliphatic carbocycles. The third-order valence-corrected chi connectivity index (χ3v) is 8.62. The molecule has 0 spiro atoms. The highest BCUT2D eigenvalue weighted by atomic mass is 32.2. The molecule has 0 radical (unpaired) electrons. The highest BCUT2D eigenvalue weighted by molar-refractivity contribution is 7.91. The number of methoxy groups -OCH3 is 1. The Morgan fingerprint density at radius 1 is 1.16 bits per heavy atom. The van der Waals surface area contributed by atoms with E-state index in [1.54, 1.807) is 18.2 Å². The van der Waals surface area contributed by atoms with E-state index in [2.05, 4.69) is 10.6 Å². The Bertz CT molecular complexity index is 1130. The molecule has 1 aliphatic heterocycles. The summed E-state index contributed by atoms with van der Waals surface area (Å²) in [6.07, 6.45) is 4.07. The molecule has 1 atom stereocenters. The van der Waals surface area contributed by atoms with Gasteiger partial charge in [-0.15, -0.1) is 11.3 Å². The van der Waals surface area contributed by atoms with E-state index < -0.39 is 15.9 Å². The molecule has 32 heavy (non-hydrogen) atoms. The van der Waals surface area contributed by atoms with E-state index in [1.165, 1.54) is 18.4 Å². The van der Waals surface area contributed by atoms with Crippen molar-refractivity contribution in [1.29, 1.82) is 0 Å². The van der Waals surface area contributed by atoms with E-state index >= 15 is 0 Å². The van der Waals surface area contributed by atoms with Crippen molar-refractivity contribution in [2.75, 3.05) is 30.5 Å². The number of amides is 2. The minimum absolute atomic E-state index is 0.0422. The van der Waals surface area contributed by atoms with Crippen LogP contribution in [0.4, 0.5) is 5.00 Å². The zero-order chi connectivity index (χ0) is 22.7. The number of fused-ring (bicyclic) bond motifs is 1. The van der Waals surface area contributed by atoms with Gasteiger partial charge in [0.25, 0.3) is 11.8 Å². The average molecular weight is 479 g/mol. The number of aryl methyl sites for hydroxylation is 1. The van der Waals surface area contributed by atoms with Gasteiger partial charge in [-0.2, -0.15) is 0 Å². The second-order valence-corrected chi connectivity index (χ2v) is 11.3. The van der Waals surface area contributed by atoms with Gasteiger partial charge in [-0.3, -0.25) is 9.59 Å². The number of carbonyl (C=O) groups is 2. The molecule has 8 nitrogen and oxygen atoms in total. The van der Waals surface area contributed by atoms with Crippen molar-refractivity contribution in [3.63, 3.8) is 0 Å². The molecule has 2 aliphatic rings. The van der Waals surface area contributed by atoms with Gasteiger partial charge >= 0.3 is 0 Å². The summed E-state index contributed by atoms with van der Waals surface area (Å²) in [6.45, 7) is -0.231. The maximum atomic E-state index is 13.1. The summed E-state index contributed by atoms with van der Waals surface area (Å²) in [5.41, 5.74) is 1.42. The molecule has 1 aromatic heterocycles. The summed E-state index contributed by atoms with van der Waals surface area (Å²) < 4.78 is 34.3. The maximum absolute atomic E-state index is 13.1. The number of anilines is 1. The van der Waals surface area contributed by atoms with E-state index in [-0.39, 0.29) is 29.9 Å². The average Bonchev–Trinajstić information content (AvgIpc) is 3.30. The lowest BCUT2D eigenvalue weighted by molar-refractivity contribution is -0.118. The van der Waals surface area contributed by atoms with Crippen LogP contribution < -0.4 is 20.1 Å². The third-order valence-electron chi connectivity index (χ3n) is 5.65. The standard InChI is InChI=1S/C22H26N2O6S2/c1-29-16-7-3-4-8-17(16)30-12-19(25)24-22-20(15-6-2-5-9-18(15)31-22)21(26)23-14-10-11-32(27,28)13-14/h3-4,7-8,14H,2,5-6,9-13H2,1H3,(H,23,26)(H,24,25)/t14-/m1/s1. The Hall–Kier alpha value is -2.59. The van der Waals surface area contributed by atoms with E-state index in [9.17, 15) is 18.0 Å². The normalized spacial score (nSPS) is 19.1. The molecule has 1 fully saturated rings. The van der Waals surface area contributed by atoms with Crippen LogP contribution in [-0.2, 0) is 27.5 Å². The molecule has 4 rings (SSSR count). The first kappa shape index (κ1) is 22.6. The van der Waals surface area contributed by atoms with Crippen LogP contribution in [0.1, 0.15) is 40.1 Å². The summed E-state index contributed by atoms with van der Waals surface area (Å²) in [6, 6.07) is 6.65. The van der Waals surface area contributed by atoms with Crippen molar-refractivity contribution in [3.05, 3.63) is 40.3 Å². The predicted octanol–water partition coefficient (Wildman–Crippen LogP) is 2.57. The van der Waals surface area contributed by atoms with Gasteiger partial charge < -0.3 is 20.1 Å². The predicted molar refractivity (Wildman–Crippen MR) is 123 cm³/mol. The van der Waals surface area contributed by atoms with E-state index in [0.29, 0.717) is 28.5 Å². The molecule has 0 bridgehead atoms. The highest BCUT2D eigenvalue weighted by Crippen LogP contribution is 2.38. The lowest BCUT2D eigenvalue weighted by atomic mass is 9.95. The Morgan fingerprint density at radius 3 is 2.62 bits per heavy atom. The molecule has 2 amide bonds. The zero-order valence-corrected chi connectivity index (χ0v) is 19.4. The van der Waals surface area contributed by atoms with Gasteiger partial charge in [0.2, 0.25) is 0 Å². The van der Waals surface area contributed by atoms with Gasteiger partial charge in [0.15, 0.2) is 27.9 Å². The Labute approximate surface area is 191 Å². The quantitative estimate of drug-likeness (QED) is 0.633. The van der Waals surface area contributed by atoms with Crippen LogP contribution >= 0.6 is 11.3 Å². The lowest BCUT2D eigenvalue weighted by Gasteiger charge is -2.15. The fourth-order valence-electron chi connectivity index (χ4n) is 4.10. The summed E-state index contributed by atoms with van der Waals surface area (Å²) in [4.78, 5) is 26.8. The van der Waals surface area contributed by atoms with Crippen LogP contribution in [0.2, 0.25) is 0 Å². The molecule has 2 N–H and O–H groups in total. The largest absolute Gasteiger partial charge is 0.493 e. The summed E-state index contributed by atoms with van der Waals surface area (Å²) in [5, 5.41) is 6.18. The summed E-state index contributed by atoms with van der Waals surface area (Å²) >= 11 is 1.41. The molecule has 0 saturated carbocycles. The summed E-state index contributed by atoms with van der Waals surface area (Å²) in [5.74, 6) is 0.317. The molecule has 2 aromatic rings. The number of sulfone groups is 1.